The Labute approximate surface area is 135 Å². The van der Waals surface area contributed by atoms with Gasteiger partial charge in [-0.1, -0.05) is 15.9 Å². The number of aromatic amines is 1. The Bertz CT molecular complexity index is 882. The summed E-state index contributed by atoms with van der Waals surface area (Å²) < 4.78 is 6.68. The van der Waals surface area contributed by atoms with Crippen molar-refractivity contribution in [1.29, 1.82) is 0 Å². The molecule has 1 N–H and O–H groups in total. The molecule has 20 heavy (non-hydrogen) atoms. The van der Waals surface area contributed by atoms with Crippen molar-refractivity contribution in [2.24, 2.45) is 0 Å². The predicted molar refractivity (Wildman–Crippen MR) is 87.1 cm³/mol. The maximum atomic E-state index is 12.5. The van der Waals surface area contributed by atoms with Gasteiger partial charge in [0.05, 0.1) is 5.52 Å². The fourth-order valence-corrected chi connectivity index (χ4v) is 2.83. The number of halogens is 2. The highest BCUT2D eigenvalue weighted by molar-refractivity contribution is 14.1. The SMILES string of the molecule is O=C(c1ccc2[nH]c(=O)oc2c1)c1cc(I)ccc1Br. The largest absolute Gasteiger partial charge is 0.417 e. The van der Waals surface area contributed by atoms with E-state index in [1.165, 1.54) is 0 Å². The average Bonchev–Trinajstić information content (AvgIpc) is 2.79. The van der Waals surface area contributed by atoms with E-state index in [-0.39, 0.29) is 5.78 Å². The molecule has 0 amide bonds. The first kappa shape index (κ1) is 13.6. The van der Waals surface area contributed by atoms with Crippen molar-refractivity contribution in [2.45, 2.75) is 0 Å². The van der Waals surface area contributed by atoms with Gasteiger partial charge in [-0.15, -0.1) is 0 Å². The Morgan fingerprint density at radius 3 is 2.80 bits per heavy atom. The van der Waals surface area contributed by atoms with Gasteiger partial charge in [-0.05, 0) is 59.0 Å². The van der Waals surface area contributed by atoms with E-state index >= 15 is 0 Å². The minimum absolute atomic E-state index is 0.124. The average molecular weight is 444 g/mol. The highest BCUT2D eigenvalue weighted by Gasteiger charge is 2.14. The third-order valence-electron chi connectivity index (χ3n) is 2.86. The molecule has 3 aromatic rings. The van der Waals surface area contributed by atoms with Crippen LogP contribution in [0.1, 0.15) is 15.9 Å². The van der Waals surface area contributed by atoms with Crippen molar-refractivity contribution in [3.05, 3.63) is 66.1 Å². The van der Waals surface area contributed by atoms with Gasteiger partial charge in [0.15, 0.2) is 11.4 Å². The van der Waals surface area contributed by atoms with Crippen molar-refractivity contribution < 1.29 is 9.21 Å². The number of carbonyl (C=O) groups is 1. The maximum absolute atomic E-state index is 12.5. The second-order valence-electron chi connectivity index (χ2n) is 4.18. The van der Waals surface area contributed by atoms with Gasteiger partial charge >= 0.3 is 5.76 Å². The molecule has 0 radical (unpaired) electrons. The van der Waals surface area contributed by atoms with Gasteiger partial charge < -0.3 is 4.42 Å². The highest BCUT2D eigenvalue weighted by Crippen LogP contribution is 2.23. The molecule has 1 aromatic heterocycles. The maximum Gasteiger partial charge on any atom is 0.417 e. The molecule has 0 unspecified atom stereocenters. The number of H-pyrrole nitrogens is 1. The van der Waals surface area contributed by atoms with Gasteiger partial charge in [-0.2, -0.15) is 0 Å². The lowest BCUT2D eigenvalue weighted by Crippen LogP contribution is -2.02. The van der Waals surface area contributed by atoms with Crippen LogP contribution in [0.4, 0.5) is 0 Å². The minimum atomic E-state index is -0.528. The minimum Gasteiger partial charge on any atom is -0.408 e. The van der Waals surface area contributed by atoms with E-state index in [0.717, 1.165) is 8.04 Å². The fourth-order valence-electron chi connectivity index (χ4n) is 1.91. The second-order valence-corrected chi connectivity index (χ2v) is 6.28. The van der Waals surface area contributed by atoms with Crippen molar-refractivity contribution in [1.82, 2.24) is 4.98 Å². The molecule has 4 nitrogen and oxygen atoms in total. The summed E-state index contributed by atoms with van der Waals surface area (Å²) in [5.74, 6) is -0.652. The number of aromatic nitrogens is 1. The molecule has 0 aliphatic heterocycles. The molecule has 0 spiro atoms. The predicted octanol–water partition coefficient (Wildman–Crippen LogP) is 3.72. The van der Waals surface area contributed by atoms with Crippen LogP contribution in [0.25, 0.3) is 11.1 Å². The number of nitrogens with one attached hydrogen (secondary N) is 1. The molecule has 0 atom stereocenters. The first-order valence-corrected chi connectivity index (χ1v) is 7.54. The van der Waals surface area contributed by atoms with Crippen molar-refractivity contribution >= 4 is 55.4 Å². The summed E-state index contributed by atoms with van der Waals surface area (Å²) in [6.45, 7) is 0. The molecular formula is C14H7BrINO3. The van der Waals surface area contributed by atoms with Crippen LogP contribution in [-0.4, -0.2) is 10.8 Å². The molecule has 0 saturated heterocycles. The van der Waals surface area contributed by atoms with Crippen molar-refractivity contribution in [3.63, 3.8) is 0 Å². The number of hydrogen-bond donors (Lipinski definition) is 1. The number of hydrogen-bond acceptors (Lipinski definition) is 3. The Kier molecular flexibility index (Phi) is 3.51. The molecule has 0 saturated carbocycles. The summed E-state index contributed by atoms with van der Waals surface area (Å²) >= 11 is 5.53. The third-order valence-corrected chi connectivity index (χ3v) is 4.22. The monoisotopic (exact) mass is 443 g/mol. The fraction of sp³-hybridized carbons (Fsp3) is 0. The highest BCUT2D eigenvalue weighted by atomic mass is 127. The van der Waals surface area contributed by atoms with E-state index in [4.69, 9.17) is 4.42 Å². The molecule has 1 heterocycles. The summed E-state index contributed by atoms with van der Waals surface area (Å²) in [4.78, 5) is 26.2. The summed E-state index contributed by atoms with van der Waals surface area (Å²) in [6, 6.07) is 10.5. The smallest absolute Gasteiger partial charge is 0.408 e. The number of benzene rings is 2. The molecule has 3 rings (SSSR count). The van der Waals surface area contributed by atoms with E-state index in [1.807, 2.05) is 18.2 Å². The summed E-state index contributed by atoms with van der Waals surface area (Å²) in [7, 11) is 0. The summed E-state index contributed by atoms with van der Waals surface area (Å²) in [5, 5.41) is 0. The number of oxazole rings is 1. The Balaban J connectivity index is 2.12. The van der Waals surface area contributed by atoms with Gasteiger partial charge in [-0.3, -0.25) is 9.78 Å². The Morgan fingerprint density at radius 2 is 2.00 bits per heavy atom. The van der Waals surface area contributed by atoms with Gasteiger partial charge in [0.1, 0.15) is 0 Å². The van der Waals surface area contributed by atoms with Crippen LogP contribution in [0.3, 0.4) is 0 Å². The molecule has 0 aliphatic carbocycles. The second kappa shape index (κ2) is 5.17. The van der Waals surface area contributed by atoms with Gasteiger partial charge in [0.2, 0.25) is 0 Å². The Morgan fingerprint density at radius 1 is 1.20 bits per heavy atom. The topological polar surface area (TPSA) is 63.1 Å². The lowest BCUT2D eigenvalue weighted by atomic mass is 10.0. The zero-order chi connectivity index (χ0) is 14.3. The van der Waals surface area contributed by atoms with Crippen LogP contribution in [-0.2, 0) is 0 Å². The normalized spacial score (nSPS) is 10.9. The molecule has 100 valence electrons. The van der Waals surface area contributed by atoms with Crippen LogP contribution in [0.15, 0.2) is 50.1 Å². The molecule has 6 heteroatoms. The Hall–Kier alpha value is -1.41. The summed E-state index contributed by atoms with van der Waals surface area (Å²) in [6.07, 6.45) is 0. The summed E-state index contributed by atoms with van der Waals surface area (Å²) in [5.41, 5.74) is 2.01. The first-order valence-electron chi connectivity index (χ1n) is 5.67. The lowest BCUT2D eigenvalue weighted by molar-refractivity contribution is 0.103. The van der Waals surface area contributed by atoms with E-state index in [0.29, 0.717) is 22.2 Å². The van der Waals surface area contributed by atoms with Gasteiger partial charge in [0, 0.05) is 19.2 Å². The number of carbonyl (C=O) groups excluding carboxylic acids is 1. The first-order chi connectivity index (χ1) is 9.54. The van der Waals surface area contributed by atoms with Crippen LogP contribution >= 0.6 is 38.5 Å². The van der Waals surface area contributed by atoms with E-state index in [9.17, 15) is 9.59 Å². The van der Waals surface area contributed by atoms with E-state index in [1.54, 1.807) is 18.2 Å². The molecular weight excluding hydrogens is 437 g/mol. The van der Waals surface area contributed by atoms with Gasteiger partial charge in [0.25, 0.3) is 0 Å². The number of fused-ring (bicyclic) bond motifs is 1. The lowest BCUT2D eigenvalue weighted by Gasteiger charge is -2.04. The van der Waals surface area contributed by atoms with Crippen LogP contribution in [0.2, 0.25) is 0 Å². The van der Waals surface area contributed by atoms with Crippen LogP contribution < -0.4 is 5.76 Å². The number of rotatable bonds is 2. The zero-order valence-corrected chi connectivity index (χ0v) is 13.7. The number of ketones is 1. The molecule has 0 fully saturated rings. The zero-order valence-electron chi connectivity index (χ0n) is 9.94. The standard InChI is InChI=1S/C14H7BrINO3/c15-10-3-2-8(16)6-9(10)13(18)7-1-4-11-12(5-7)20-14(19)17-11/h1-6H,(H,17,19). The van der Waals surface area contributed by atoms with Crippen molar-refractivity contribution in [3.8, 4) is 0 Å². The van der Waals surface area contributed by atoms with Crippen molar-refractivity contribution in [2.75, 3.05) is 0 Å². The molecule has 2 aromatic carbocycles. The quantitative estimate of drug-likeness (QED) is 0.485. The molecule has 0 aliphatic rings. The van der Waals surface area contributed by atoms with E-state index in [2.05, 4.69) is 43.5 Å². The molecule has 0 bridgehead atoms. The van der Waals surface area contributed by atoms with E-state index < -0.39 is 5.76 Å². The van der Waals surface area contributed by atoms with Crippen LogP contribution in [0.5, 0.6) is 0 Å². The van der Waals surface area contributed by atoms with Crippen LogP contribution in [0, 0.1) is 3.57 Å². The third kappa shape index (κ3) is 2.45. The van der Waals surface area contributed by atoms with Gasteiger partial charge in [-0.25, -0.2) is 4.79 Å².